The number of fused-ring (bicyclic) bond motifs is 2. The smallest absolute Gasteiger partial charge is 0.411 e. The fourth-order valence-electron chi connectivity index (χ4n) is 3.85. The Hall–Kier alpha value is -1.85. The summed E-state index contributed by atoms with van der Waals surface area (Å²) in [6.07, 6.45) is 0.768. The van der Waals surface area contributed by atoms with Gasteiger partial charge in [0.1, 0.15) is 5.76 Å². The molecule has 0 radical (unpaired) electrons. The molecule has 2 aliphatic rings. The van der Waals surface area contributed by atoms with E-state index in [1.165, 1.54) is 6.08 Å². The number of amides is 1. The lowest BCUT2D eigenvalue weighted by molar-refractivity contribution is -0.132. The van der Waals surface area contributed by atoms with Crippen LogP contribution in [0.2, 0.25) is 18.1 Å². The summed E-state index contributed by atoms with van der Waals surface area (Å²) in [5.74, 6) is -1.06. The van der Waals surface area contributed by atoms with Gasteiger partial charge in [0.2, 0.25) is 5.91 Å². The van der Waals surface area contributed by atoms with Gasteiger partial charge in [-0.15, -0.1) is 0 Å². The number of alkyl halides is 3. The second-order valence-electron chi connectivity index (χ2n) is 10.0. The highest BCUT2D eigenvalue weighted by atomic mass is 32.2. The molecule has 1 fully saturated rings. The number of carbonyl (C=O) groups excluding carboxylic acids is 1. The molecule has 1 aliphatic carbocycles. The Morgan fingerprint density at radius 1 is 1.12 bits per heavy atom. The Kier molecular flexibility index (Phi) is 6.82. The molecule has 1 aromatic carbocycles. The lowest BCUT2D eigenvalue weighted by Crippen LogP contribution is -2.48. The minimum Gasteiger partial charge on any atom is -0.411 e. The van der Waals surface area contributed by atoms with Gasteiger partial charge in [-0.3, -0.25) is 4.79 Å². The Morgan fingerprint density at radius 3 is 2.27 bits per heavy atom. The van der Waals surface area contributed by atoms with E-state index >= 15 is 0 Å². The number of benzene rings is 1. The quantitative estimate of drug-likeness (QED) is 0.311. The fraction of sp³-hybridized carbons (Fsp3) is 0.591. The van der Waals surface area contributed by atoms with Crippen LogP contribution in [0.1, 0.15) is 39.2 Å². The Morgan fingerprint density at radius 2 is 1.73 bits per heavy atom. The van der Waals surface area contributed by atoms with Gasteiger partial charge in [-0.2, -0.15) is 21.6 Å². The molecular weight excluding hydrogens is 475 g/mol. The van der Waals surface area contributed by atoms with Crippen LogP contribution in [0.5, 0.6) is 0 Å². The molecule has 11 heteroatoms. The predicted molar refractivity (Wildman–Crippen MR) is 120 cm³/mol. The van der Waals surface area contributed by atoms with Crippen LogP contribution < -0.4 is 0 Å². The van der Waals surface area contributed by atoms with Gasteiger partial charge < -0.3 is 13.5 Å². The van der Waals surface area contributed by atoms with E-state index in [1.807, 2.05) is 43.4 Å². The maximum Gasteiger partial charge on any atom is 0.534 e. The second kappa shape index (κ2) is 8.74. The number of rotatable bonds is 6. The molecule has 0 aromatic heterocycles. The van der Waals surface area contributed by atoms with Gasteiger partial charge in [0, 0.05) is 13.0 Å². The summed E-state index contributed by atoms with van der Waals surface area (Å²) in [6.45, 7) is 10.5. The van der Waals surface area contributed by atoms with Crippen LogP contribution in [0.15, 0.2) is 42.2 Å². The van der Waals surface area contributed by atoms with Crippen molar-refractivity contribution in [2.45, 2.75) is 75.9 Å². The molecule has 33 heavy (non-hydrogen) atoms. The van der Waals surface area contributed by atoms with E-state index in [0.29, 0.717) is 0 Å². The summed E-state index contributed by atoms with van der Waals surface area (Å²) in [6, 6.07) is 8.47. The van der Waals surface area contributed by atoms with E-state index in [-0.39, 0.29) is 36.1 Å². The maximum absolute atomic E-state index is 13.3. The molecule has 1 amide bonds. The topological polar surface area (TPSA) is 72.9 Å². The lowest BCUT2D eigenvalue weighted by Gasteiger charge is -2.40. The highest BCUT2D eigenvalue weighted by molar-refractivity contribution is 7.87. The van der Waals surface area contributed by atoms with Crippen LogP contribution in [0, 0.1) is 5.92 Å². The van der Waals surface area contributed by atoms with Crippen molar-refractivity contribution < 1.29 is 35.0 Å². The monoisotopic (exact) mass is 505 g/mol. The molecule has 1 aromatic rings. The first-order chi connectivity index (χ1) is 15.0. The number of likely N-dealkylation sites (tertiary alicyclic amines) is 1. The normalized spacial score (nSPS) is 24.5. The van der Waals surface area contributed by atoms with Crippen LogP contribution in [0.3, 0.4) is 0 Å². The highest BCUT2D eigenvalue weighted by Crippen LogP contribution is 2.44. The average molecular weight is 506 g/mol. The average Bonchev–Trinajstić information content (AvgIpc) is 2.80. The van der Waals surface area contributed by atoms with Crippen molar-refractivity contribution in [1.82, 2.24) is 4.90 Å². The molecule has 1 saturated heterocycles. The first-order valence-corrected chi connectivity index (χ1v) is 15.1. The standard InChI is InChI=1S/C22H30F3NO5SSi/c1-21(2,3)33(4,5)31-19-17-12-11-16(30-32(28,29)22(23,24)25)13-18(19)26(20(17)27)14-15-9-7-6-8-10-15/h6-10,13,17-19H,11-12,14H2,1-5H3/t17-,18+,19-/m0/s1. The zero-order valence-corrected chi connectivity index (χ0v) is 21.2. The summed E-state index contributed by atoms with van der Waals surface area (Å²) in [4.78, 5) is 14.9. The number of carbonyl (C=O) groups is 1. The molecule has 3 atom stereocenters. The third kappa shape index (κ3) is 5.30. The van der Waals surface area contributed by atoms with Gasteiger partial charge in [-0.05, 0) is 36.2 Å². The Labute approximate surface area is 194 Å². The van der Waals surface area contributed by atoms with Crippen molar-refractivity contribution in [1.29, 1.82) is 0 Å². The van der Waals surface area contributed by atoms with Gasteiger partial charge in [0.15, 0.2) is 8.32 Å². The molecule has 0 unspecified atom stereocenters. The second-order valence-corrected chi connectivity index (χ2v) is 16.3. The molecule has 1 aliphatic heterocycles. The molecule has 2 bridgehead atoms. The first-order valence-electron chi connectivity index (χ1n) is 10.8. The highest BCUT2D eigenvalue weighted by Gasteiger charge is 2.54. The van der Waals surface area contributed by atoms with Crippen molar-refractivity contribution in [3.05, 3.63) is 47.7 Å². The van der Waals surface area contributed by atoms with Crippen molar-refractivity contribution in [2.24, 2.45) is 5.92 Å². The number of nitrogens with zero attached hydrogens (tertiary/aromatic N) is 1. The minimum absolute atomic E-state index is 0.0985. The third-order valence-corrected chi connectivity index (χ3v) is 12.2. The van der Waals surface area contributed by atoms with E-state index < -0.39 is 42.0 Å². The molecule has 6 nitrogen and oxygen atoms in total. The van der Waals surface area contributed by atoms with Crippen LogP contribution >= 0.6 is 0 Å². The Balaban J connectivity index is 2.00. The predicted octanol–water partition coefficient (Wildman–Crippen LogP) is 4.95. The van der Waals surface area contributed by atoms with Crippen LogP contribution in [0.4, 0.5) is 13.2 Å². The number of allylic oxidation sites excluding steroid dienone is 1. The van der Waals surface area contributed by atoms with Crippen LogP contribution in [0.25, 0.3) is 0 Å². The summed E-state index contributed by atoms with van der Waals surface area (Å²) in [5.41, 5.74) is -4.68. The van der Waals surface area contributed by atoms with Crippen molar-refractivity contribution in [3.8, 4) is 0 Å². The van der Waals surface area contributed by atoms with E-state index in [2.05, 4.69) is 25.0 Å². The Bertz CT molecular complexity index is 1020. The third-order valence-electron chi connectivity index (χ3n) is 6.68. The lowest BCUT2D eigenvalue weighted by atomic mass is 9.99. The van der Waals surface area contributed by atoms with Crippen molar-refractivity contribution in [3.63, 3.8) is 0 Å². The number of halogens is 3. The fourth-order valence-corrected chi connectivity index (χ4v) is 5.70. The van der Waals surface area contributed by atoms with Gasteiger partial charge in [-0.1, -0.05) is 51.1 Å². The minimum atomic E-state index is -5.80. The molecule has 184 valence electrons. The summed E-state index contributed by atoms with van der Waals surface area (Å²) in [5, 5.41) is -0.158. The first kappa shape index (κ1) is 25.8. The molecule has 0 saturated carbocycles. The van der Waals surface area contributed by atoms with E-state index in [4.69, 9.17) is 4.43 Å². The molecule has 3 rings (SSSR count). The largest absolute Gasteiger partial charge is 0.534 e. The SMILES string of the molecule is CC(C)(C)[Si](C)(C)O[C@H]1[C@@H]2CCC(OS(=O)(=O)C(F)(F)F)=C[C@H]1N(Cc1ccccc1)C2=O. The van der Waals surface area contributed by atoms with Crippen molar-refractivity contribution >= 4 is 24.3 Å². The molecule has 0 N–H and O–H groups in total. The zero-order valence-electron chi connectivity index (χ0n) is 19.3. The van der Waals surface area contributed by atoms with Crippen LogP contribution in [-0.2, 0) is 30.1 Å². The van der Waals surface area contributed by atoms with Gasteiger partial charge in [0.25, 0.3) is 0 Å². The molecular formula is C22H30F3NO5SSi. The van der Waals surface area contributed by atoms with Crippen LogP contribution in [-0.4, -0.2) is 45.2 Å². The van der Waals surface area contributed by atoms with E-state index in [0.717, 1.165) is 5.56 Å². The zero-order chi connectivity index (χ0) is 24.8. The van der Waals surface area contributed by atoms with Gasteiger partial charge in [-0.25, -0.2) is 0 Å². The van der Waals surface area contributed by atoms with E-state index in [9.17, 15) is 26.4 Å². The molecule has 0 spiro atoms. The maximum atomic E-state index is 13.3. The summed E-state index contributed by atoms with van der Waals surface area (Å²) in [7, 11) is -8.16. The van der Waals surface area contributed by atoms with Gasteiger partial charge in [0.05, 0.1) is 18.1 Å². The summed E-state index contributed by atoms with van der Waals surface area (Å²) < 4.78 is 73.1. The number of hydrogen-bond acceptors (Lipinski definition) is 5. The number of hydrogen-bond donors (Lipinski definition) is 0. The van der Waals surface area contributed by atoms with Crippen molar-refractivity contribution in [2.75, 3.05) is 0 Å². The summed E-state index contributed by atoms with van der Waals surface area (Å²) >= 11 is 0. The van der Waals surface area contributed by atoms with Gasteiger partial charge >= 0.3 is 15.6 Å². The van der Waals surface area contributed by atoms with E-state index in [1.54, 1.807) is 4.90 Å². The molecule has 1 heterocycles.